The summed E-state index contributed by atoms with van der Waals surface area (Å²) in [5.74, 6) is -0.333. The molecular formula is C12H18FNO2S. The minimum Gasteiger partial charge on any atom is -0.213 e. The van der Waals surface area contributed by atoms with Crippen LogP contribution in [0.3, 0.4) is 0 Å². The largest absolute Gasteiger partial charge is 0.213 e. The first kappa shape index (κ1) is 14.1. The Morgan fingerprint density at radius 1 is 1.18 bits per heavy atom. The van der Waals surface area contributed by atoms with Gasteiger partial charge < -0.3 is 0 Å². The van der Waals surface area contributed by atoms with Crippen molar-refractivity contribution in [3.05, 3.63) is 35.6 Å². The summed E-state index contributed by atoms with van der Waals surface area (Å²) in [6, 6.07) is 5.49. The van der Waals surface area contributed by atoms with Gasteiger partial charge in [-0.25, -0.2) is 17.5 Å². The predicted octanol–water partition coefficient (Wildman–Crippen LogP) is 2.46. The molecule has 1 aromatic carbocycles. The lowest BCUT2D eigenvalue weighted by Crippen LogP contribution is -2.35. The number of nitrogens with one attached hydrogen (secondary N) is 1. The molecule has 0 amide bonds. The normalized spacial score (nSPS) is 14.6. The Morgan fingerprint density at radius 3 is 2.00 bits per heavy atom. The second-order valence-corrected chi connectivity index (χ2v) is 7.02. The molecule has 0 radical (unpaired) electrons. The van der Waals surface area contributed by atoms with Crippen LogP contribution in [0.2, 0.25) is 0 Å². The molecule has 96 valence electrons. The number of hydrogen-bond donors (Lipinski definition) is 1. The van der Waals surface area contributed by atoms with Crippen LogP contribution in [-0.4, -0.2) is 14.7 Å². The first-order valence-corrected chi connectivity index (χ1v) is 7.21. The maximum absolute atomic E-state index is 12.8. The van der Waals surface area contributed by atoms with E-state index in [2.05, 4.69) is 4.72 Å². The van der Waals surface area contributed by atoms with E-state index in [-0.39, 0.29) is 17.3 Å². The summed E-state index contributed by atoms with van der Waals surface area (Å²) in [6.07, 6.45) is 1.12. The van der Waals surface area contributed by atoms with Gasteiger partial charge in [-0.2, -0.15) is 0 Å². The van der Waals surface area contributed by atoms with Gasteiger partial charge in [-0.05, 0) is 23.1 Å². The number of hydrogen-bond acceptors (Lipinski definition) is 2. The molecule has 1 aromatic rings. The molecule has 1 rings (SSSR count). The van der Waals surface area contributed by atoms with Crippen LogP contribution in [0.1, 0.15) is 32.4 Å². The van der Waals surface area contributed by atoms with E-state index < -0.39 is 10.0 Å². The monoisotopic (exact) mass is 259 g/mol. The molecule has 0 aliphatic rings. The maximum atomic E-state index is 12.8. The van der Waals surface area contributed by atoms with Gasteiger partial charge in [-0.3, -0.25) is 0 Å². The van der Waals surface area contributed by atoms with Gasteiger partial charge in [0.25, 0.3) is 0 Å². The average molecular weight is 259 g/mol. The molecular weight excluding hydrogens is 241 g/mol. The third-order valence-electron chi connectivity index (χ3n) is 2.40. The van der Waals surface area contributed by atoms with Gasteiger partial charge in [0, 0.05) is 0 Å². The van der Waals surface area contributed by atoms with Crippen molar-refractivity contribution in [2.75, 3.05) is 6.26 Å². The van der Waals surface area contributed by atoms with E-state index in [4.69, 9.17) is 0 Å². The van der Waals surface area contributed by atoms with Gasteiger partial charge in [0.15, 0.2) is 0 Å². The van der Waals surface area contributed by atoms with Crippen LogP contribution in [0.4, 0.5) is 4.39 Å². The number of sulfonamides is 1. The minimum atomic E-state index is -3.31. The van der Waals surface area contributed by atoms with Crippen LogP contribution >= 0.6 is 0 Å². The molecule has 0 bridgehead atoms. The zero-order chi connectivity index (χ0) is 13.3. The van der Waals surface area contributed by atoms with Crippen molar-refractivity contribution in [2.24, 2.45) is 5.41 Å². The SMILES string of the molecule is CC(C)(C)C(NS(C)(=O)=O)c1ccc(F)cc1. The standard InChI is InChI=1S/C12H18FNO2S/c1-12(2,3)11(14-17(4,15)16)9-5-7-10(13)8-6-9/h5-8,11,14H,1-4H3. The summed E-state index contributed by atoms with van der Waals surface area (Å²) >= 11 is 0. The van der Waals surface area contributed by atoms with Crippen molar-refractivity contribution in [1.82, 2.24) is 4.72 Å². The molecule has 3 nitrogen and oxygen atoms in total. The average Bonchev–Trinajstić information content (AvgIpc) is 2.13. The van der Waals surface area contributed by atoms with Crippen molar-refractivity contribution < 1.29 is 12.8 Å². The topological polar surface area (TPSA) is 46.2 Å². The minimum absolute atomic E-state index is 0.291. The Bertz CT molecular complexity index is 474. The summed E-state index contributed by atoms with van der Waals surface area (Å²) < 4.78 is 38.1. The van der Waals surface area contributed by atoms with Gasteiger partial charge >= 0.3 is 0 Å². The Kier molecular flexibility index (Phi) is 3.94. The summed E-state index contributed by atoms with van der Waals surface area (Å²) in [7, 11) is -3.31. The quantitative estimate of drug-likeness (QED) is 0.906. The number of rotatable bonds is 3. The molecule has 0 saturated heterocycles. The van der Waals surface area contributed by atoms with Crippen LogP contribution < -0.4 is 4.72 Å². The van der Waals surface area contributed by atoms with E-state index >= 15 is 0 Å². The van der Waals surface area contributed by atoms with Crippen LogP contribution in [0.25, 0.3) is 0 Å². The maximum Gasteiger partial charge on any atom is 0.209 e. The van der Waals surface area contributed by atoms with Gasteiger partial charge in [0.05, 0.1) is 12.3 Å². The molecule has 1 N–H and O–H groups in total. The zero-order valence-electron chi connectivity index (χ0n) is 10.5. The summed E-state index contributed by atoms with van der Waals surface area (Å²) in [4.78, 5) is 0. The Balaban J connectivity index is 3.12. The molecule has 0 aliphatic carbocycles. The second kappa shape index (κ2) is 4.74. The molecule has 5 heteroatoms. The van der Waals surface area contributed by atoms with Gasteiger partial charge in [-0.1, -0.05) is 32.9 Å². The highest BCUT2D eigenvalue weighted by molar-refractivity contribution is 7.88. The van der Waals surface area contributed by atoms with Crippen molar-refractivity contribution in [3.8, 4) is 0 Å². The Morgan fingerprint density at radius 2 is 1.65 bits per heavy atom. The van der Waals surface area contributed by atoms with Gasteiger partial charge in [0.1, 0.15) is 5.82 Å². The number of halogens is 1. The molecule has 0 saturated carbocycles. The van der Waals surface area contributed by atoms with Gasteiger partial charge in [-0.15, -0.1) is 0 Å². The van der Waals surface area contributed by atoms with E-state index in [1.807, 2.05) is 20.8 Å². The van der Waals surface area contributed by atoms with E-state index in [1.54, 1.807) is 12.1 Å². The smallest absolute Gasteiger partial charge is 0.209 e. The van der Waals surface area contributed by atoms with Crippen LogP contribution in [0.5, 0.6) is 0 Å². The van der Waals surface area contributed by atoms with Crippen molar-refractivity contribution in [2.45, 2.75) is 26.8 Å². The van der Waals surface area contributed by atoms with E-state index in [1.165, 1.54) is 12.1 Å². The third-order valence-corrected chi connectivity index (χ3v) is 3.07. The molecule has 0 aromatic heterocycles. The molecule has 1 unspecified atom stereocenters. The first-order chi connectivity index (χ1) is 7.59. The first-order valence-electron chi connectivity index (χ1n) is 5.32. The Hall–Kier alpha value is -0.940. The molecule has 0 fully saturated rings. The van der Waals surface area contributed by atoms with E-state index in [9.17, 15) is 12.8 Å². The van der Waals surface area contributed by atoms with Crippen LogP contribution in [-0.2, 0) is 10.0 Å². The zero-order valence-corrected chi connectivity index (χ0v) is 11.3. The molecule has 0 aliphatic heterocycles. The lowest BCUT2D eigenvalue weighted by atomic mass is 9.83. The highest BCUT2D eigenvalue weighted by Gasteiger charge is 2.28. The Labute approximate surface area is 102 Å². The molecule has 1 atom stereocenters. The molecule has 17 heavy (non-hydrogen) atoms. The lowest BCUT2D eigenvalue weighted by molar-refractivity contribution is 0.304. The van der Waals surface area contributed by atoms with Gasteiger partial charge in [0.2, 0.25) is 10.0 Å². The molecule has 0 heterocycles. The second-order valence-electron chi connectivity index (χ2n) is 5.24. The van der Waals surface area contributed by atoms with Crippen molar-refractivity contribution in [1.29, 1.82) is 0 Å². The lowest BCUT2D eigenvalue weighted by Gasteiger charge is -2.31. The highest BCUT2D eigenvalue weighted by atomic mass is 32.2. The fourth-order valence-electron chi connectivity index (χ4n) is 1.61. The fourth-order valence-corrected chi connectivity index (χ4v) is 2.53. The van der Waals surface area contributed by atoms with Crippen molar-refractivity contribution in [3.63, 3.8) is 0 Å². The summed E-state index contributed by atoms with van der Waals surface area (Å²) in [5, 5.41) is 0. The van der Waals surface area contributed by atoms with Crippen molar-refractivity contribution >= 4 is 10.0 Å². The fraction of sp³-hybridized carbons (Fsp3) is 0.500. The van der Waals surface area contributed by atoms with Crippen LogP contribution in [0.15, 0.2) is 24.3 Å². The highest BCUT2D eigenvalue weighted by Crippen LogP contribution is 2.33. The molecule has 0 spiro atoms. The number of benzene rings is 1. The van der Waals surface area contributed by atoms with Crippen LogP contribution in [0, 0.1) is 11.2 Å². The van der Waals surface area contributed by atoms with E-state index in [0.717, 1.165) is 11.8 Å². The summed E-state index contributed by atoms with van der Waals surface area (Å²) in [6.45, 7) is 5.79. The van der Waals surface area contributed by atoms with E-state index in [0.29, 0.717) is 0 Å². The predicted molar refractivity (Wildman–Crippen MR) is 66.6 cm³/mol. The third kappa shape index (κ3) is 4.44. The summed E-state index contributed by atoms with van der Waals surface area (Å²) in [5.41, 5.74) is 0.463.